The Hall–Kier alpha value is -1.01. The number of aliphatic hydroxyl groups excluding tert-OH is 3. The lowest BCUT2D eigenvalue weighted by atomic mass is 9.77. The summed E-state index contributed by atoms with van der Waals surface area (Å²) < 4.78 is 37.5. The summed E-state index contributed by atoms with van der Waals surface area (Å²) in [6.07, 6.45) is -8.19. The average Bonchev–Trinajstić information content (AvgIpc) is 3.05. The molecule has 0 aromatic carbocycles. The number of methoxy groups -OCH3 is 1. The van der Waals surface area contributed by atoms with Gasteiger partial charge in [0.25, 0.3) is 0 Å². The van der Waals surface area contributed by atoms with Gasteiger partial charge in [0, 0.05) is 38.1 Å². The molecule has 0 bridgehead atoms. The molecule has 3 saturated heterocycles. The van der Waals surface area contributed by atoms with Crippen molar-refractivity contribution in [3.05, 3.63) is 0 Å². The van der Waals surface area contributed by atoms with Crippen LogP contribution in [-0.4, -0.2) is 166 Å². The van der Waals surface area contributed by atoms with Crippen molar-refractivity contribution in [2.45, 2.75) is 185 Å². The second kappa shape index (κ2) is 17.8. The standard InChI is InChI=1S/C38H72N2O12/c1-15-27-38(10,46)31(42)24(6)40(13)19-20(2)17-36(8,45)33(52-35-29(41)26(39(11)12)16-21(3)48-35)22(4)30(23(5)34(44)50-27)51-28-18-37(9,47-14)32(43)25(7)49-28/h20-33,35,41-43,45-46H,15-19H2,1-14H3/t20-,21-,22+,23-,24-,25+,26+,27-,28+,29+,30+,31-,32+,33-,35+,36-,37-,38-/m1/s1. The highest BCUT2D eigenvalue weighted by atomic mass is 16.7. The van der Waals surface area contributed by atoms with Gasteiger partial charge in [-0.1, -0.05) is 20.8 Å². The van der Waals surface area contributed by atoms with Gasteiger partial charge in [0.15, 0.2) is 12.6 Å². The van der Waals surface area contributed by atoms with Gasteiger partial charge in [-0.05, 0) is 94.8 Å². The summed E-state index contributed by atoms with van der Waals surface area (Å²) in [6, 6.07) is -0.808. The Balaban J connectivity index is 2.17. The number of esters is 1. The summed E-state index contributed by atoms with van der Waals surface area (Å²) >= 11 is 0. The van der Waals surface area contributed by atoms with E-state index in [2.05, 4.69) is 0 Å². The van der Waals surface area contributed by atoms with Crippen molar-refractivity contribution in [1.82, 2.24) is 9.80 Å². The summed E-state index contributed by atoms with van der Waals surface area (Å²) in [5.74, 6) is -2.58. The molecule has 5 N–H and O–H groups in total. The SMILES string of the molecule is CC[C@H]1OC(=O)[C@H](C)[C@@H](O[C@H]2C[C@@](C)(OC)[C@@H](O)[C@H](C)O2)[C@H](C)[C@@H](O[C@@H]2O[C@H](C)C[C@H](N(C)C)[C@@H]2O)[C@](C)(O)C[C@@H](C)CN(C)[C@H](C)[C@@H](O)[C@]1(C)O. The topological polar surface area (TPSA) is 180 Å². The molecule has 0 aliphatic carbocycles. The number of ether oxygens (including phenoxy) is 6. The molecule has 14 heteroatoms. The van der Waals surface area contributed by atoms with Crippen LogP contribution in [0.3, 0.4) is 0 Å². The van der Waals surface area contributed by atoms with E-state index in [1.807, 2.05) is 51.7 Å². The van der Waals surface area contributed by atoms with Crippen LogP contribution in [0.25, 0.3) is 0 Å². The Morgan fingerprint density at radius 1 is 0.942 bits per heavy atom. The van der Waals surface area contributed by atoms with Crippen LogP contribution in [-0.2, 0) is 33.2 Å². The third-order valence-electron chi connectivity index (χ3n) is 12.2. The van der Waals surface area contributed by atoms with Crippen LogP contribution >= 0.6 is 0 Å². The van der Waals surface area contributed by atoms with Crippen molar-refractivity contribution >= 4 is 5.97 Å². The van der Waals surface area contributed by atoms with Gasteiger partial charge < -0.3 is 63.8 Å². The molecular weight excluding hydrogens is 676 g/mol. The van der Waals surface area contributed by atoms with Crippen LogP contribution in [0, 0.1) is 17.8 Å². The predicted molar refractivity (Wildman–Crippen MR) is 194 cm³/mol. The number of likely N-dealkylation sites (N-methyl/N-ethyl adjacent to an activating group) is 2. The molecule has 0 unspecified atom stereocenters. The minimum absolute atomic E-state index is 0.133. The van der Waals surface area contributed by atoms with Crippen molar-refractivity contribution in [3.63, 3.8) is 0 Å². The molecule has 3 fully saturated rings. The van der Waals surface area contributed by atoms with Crippen molar-refractivity contribution < 1.29 is 58.7 Å². The Kier molecular flexibility index (Phi) is 15.6. The van der Waals surface area contributed by atoms with Crippen LogP contribution in [0.4, 0.5) is 0 Å². The molecule has 0 amide bonds. The summed E-state index contributed by atoms with van der Waals surface area (Å²) in [5, 5.41) is 58.1. The number of nitrogens with zero attached hydrogens (tertiary/aromatic N) is 2. The quantitative estimate of drug-likeness (QED) is 0.238. The number of hydrogen-bond acceptors (Lipinski definition) is 14. The molecule has 3 heterocycles. The monoisotopic (exact) mass is 749 g/mol. The van der Waals surface area contributed by atoms with Crippen LogP contribution in [0.2, 0.25) is 0 Å². The maximum Gasteiger partial charge on any atom is 0.311 e. The Morgan fingerprint density at radius 3 is 2.12 bits per heavy atom. The fourth-order valence-corrected chi connectivity index (χ4v) is 8.74. The van der Waals surface area contributed by atoms with E-state index >= 15 is 0 Å². The zero-order chi connectivity index (χ0) is 39.7. The Labute approximate surface area is 312 Å². The van der Waals surface area contributed by atoms with Gasteiger partial charge in [0.05, 0.1) is 41.5 Å². The number of carbonyl (C=O) groups is 1. The lowest BCUT2D eigenvalue weighted by molar-refractivity contribution is -0.318. The van der Waals surface area contributed by atoms with Gasteiger partial charge in [-0.15, -0.1) is 0 Å². The molecule has 0 aromatic heterocycles. The molecule has 3 aliphatic rings. The lowest BCUT2D eigenvalue weighted by Crippen LogP contribution is -2.60. The van der Waals surface area contributed by atoms with Gasteiger partial charge in [0.2, 0.25) is 0 Å². The first kappa shape index (κ1) is 45.4. The molecule has 3 rings (SSSR count). The van der Waals surface area contributed by atoms with Crippen LogP contribution < -0.4 is 0 Å². The first-order valence-electron chi connectivity index (χ1n) is 19.1. The van der Waals surface area contributed by atoms with Crippen molar-refractivity contribution in [2.24, 2.45) is 17.8 Å². The average molecular weight is 749 g/mol. The van der Waals surface area contributed by atoms with E-state index in [-0.39, 0.29) is 37.3 Å². The highest BCUT2D eigenvalue weighted by Crippen LogP contribution is 2.40. The van der Waals surface area contributed by atoms with E-state index in [9.17, 15) is 30.3 Å². The first-order chi connectivity index (χ1) is 23.9. The van der Waals surface area contributed by atoms with Gasteiger partial charge in [-0.3, -0.25) is 4.79 Å². The normalized spacial score (nSPS) is 49.6. The molecule has 0 aromatic rings. The minimum atomic E-state index is -1.80. The predicted octanol–water partition coefficient (Wildman–Crippen LogP) is 1.90. The summed E-state index contributed by atoms with van der Waals surface area (Å²) in [6.45, 7) is 18.0. The number of carbonyl (C=O) groups excluding carboxylic acids is 1. The summed E-state index contributed by atoms with van der Waals surface area (Å²) in [5.41, 5.74) is -4.37. The van der Waals surface area contributed by atoms with Gasteiger partial charge in [-0.2, -0.15) is 0 Å². The number of hydrogen-bond donors (Lipinski definition) is 5. The maximum absolute atomic E-state index is 14.2. The smallest absolute Gasteiger partial charge is 0.311 e. The molecule has 0 saturated carbocycles. The molecule has 3 aliphatic heterocycles. The minimum Gasteiger partial charge on any atom is -0.459 e. The van der Waals surface area contributed by atoms with E-state index < -0.39 is 96.0 Å². The second-order valence-electron chi connectivity index (χ2n) is 17.2. The number of cyclic esters (lactones) is 1. The van der Waals surface area contributed by atoms with E-state index in [0.717, 1.165) is 0 Å². The fourth-order valence-electron chi connectivity index (χ4n) is 8.74. The Bertz CT molecular complexity index is 1140. The third-order valence-corrected chi connectivity index (χ3v) is 12.2. The molecular formula is C38H72N2O12. The van der Waals surface area contributed by atoms with Crippen molar-refractivity contribution in [1.29, 1.82) is 0 Å². The van der Waals surface area contributed by atoms with Gasteiger partial charge in [0.1, 0.15) is 30.0 Å². The highest BCUT2D eigenvalue weighted by Gasteiger charge is 2.52. The van der Waals surface area contributed by atoms with Crippen LogP contribution in [0.5, 0.6) is 0 Å². The number of aliphatic hydroxyl groups is 5. The zero-order valence-electron chi connectivity index (χ0n) is 34.2. The highest BCUT2D eigenvalue weighted by molar-refractivity contribution is 5.73. The fraction of sp³-hybridized carbons (Fsp3) is 0.974. The molecule has 14 nitrogen and oxygen atoms in total. The Morgan fingerprint density at radius 2 is 1.56 bits per heavy atom. The number of rotatable bonds is 7. The molecule has 52 heavy (non-hydrogen) atoms. The van der Waals surface area contributed by atoms with Crippen LogP contribution in [0.15, 0.2) is 0 Å². The van der Waals surface area contributed by atoms with E-state index in [1.165, 1.54) is 14.0 Å². The molecule has 0 radical (unpaired) electrons. The second-order valence-corrected chi connectivity index (χ2v) is 17.2. The van der Waals surface area contributed by atoms with Crippen LogP contribution in [0.1, 0.15) is 94.9 Å². The molecule has 0 spiro atoms. The summed E-state index contributed by atoms with van der Waals surface area (Å²) in [7, 11) is 7.12. The summed E-state index contributed by atoms with van der Waals surface area (Å²) in [4.78, 5) is 18.0. The lowest BCUT2D eigenvalue weighted by Gasteiger charge is -2.48. The van der Waals surface area contributed by atoms with Gasteiger partial charge >= 0.3 is 5.97 Å². The van der Waals surface area contributed by atoms with E-state index in [4.69, 9.17) is 28.4 Å². The first-order valence-corrected chi connectivity index (χ1v) is 19.1. The maximum atomic E-state index is 14.2. The zero-order valence-corrected chi connectivity index (χ0v) is 34.2. The molecule has 18 atom stereocenters. The molecule has 306 valence electrons. The third kappa shape index (κ3) is 10.0. The van der Waals surface area contributed by atoms with Crippen molar-refractivity contribution in [3.8, 4) is 0 Å². The van der Waals surface area contributed by atoms with E-state index in [1.54, 1.807) is 41.5 Å². The van der Waals surface area contributed by atoms with Crippen molar-refractivity contribution in [2.75, 3.05) is 34.8 Å². The van der Waals surface area contributed by atoms with E-state index in [0.29, 0.717) is 13.0 Å². The van der Waals surface area contributed by atoms with Gasteiger partial charge in [-0.25, -0.2) is 0 Å². The largest absolute Gasteiger partial charge is 0.459 e.